The molecule has 104 valence electrons. The van der Waals surface area contributed by atoms with Crippen LogP contribution in [0.5, 0.6) is 5.75 Å². The third kappa shape index (κ3) is 3.13. The van der Waals surface area contributed by atoms with Gasteiger partial charge in [0.05, 0.1) is 12.7 Å². The zero-order valence-electron chi connectivity index (χ0n) is 11.4. The molecular formula is C15H20FNO2. The van der Waals surface area contributed by atoms with Crippen molar-refractivity contribution in [3.05, 3.63) is 29.6 Å². The first-order valence-corrected chi connectivity index (χ1v) is 6.70. The average Bonchev–Trinajstić information content (AvgIpc) is 2.46. The lowest BCUT2D eigenvalue weighted by molar-refractivity contribution is 0.0877. The SMILES string of the molecule is CNC1CCC(C(=O)c2cc(F)ccc2OC)CC1. The molecule has 0 spiro atoms. The summed E-state index contributed by atoms with van der Waals surface area (Å²) in [6.07, 6.45) is 3.68. The van der Waals surface area contributed by atoms with Crippen molar-refractivity contribution in [1.29, 1.82) is 0 Å². The van der Waals surface area contributed by atoms with Gasteiger partial charge in [-0.3, -0.25) is 4.79 Å². The Morgan fingerprint density at radius 2 is 2.00 bits per heavy atom. The molecule has 0 radical (unpaired) electrons. The molecule has 1 aromatic carbocycles. The lowest BCUT2D eigenvalue weighted by Crippen LogP contribution is -2.32. The van der Waals surface area contributed by atoms with Gasteiger partial charge in [-0.2, -0.15) is 0 Å². The Labute approximate surface area is 113 Å². The highest BCUT2D eigenvalue weighted by molar-refractivity contribution is 6.00. The Bertz CT molecular complexity index is 453. The van der Waals surface area contributed by atoms with Crippen LogP contribution in [0.2, 0.25) is 0 Å². The number of methoxy groups -OCH3 is 1. The summed E-state index contributed by atoms with van der Waals surface area (Å²) in [6, 6.07) is 4.61. The van der Waals surface area contributed by atoms with Crippen LogP contribution in [0.15, 0.2) is 18.2 Å². The Hall–Kier alpha value is -1.42. The standard InChI is InChI=1S/C15H20FNO2/c1-17-12-6-3-10(4-7-12)15(18)13-9-11(16)5-8-14(13)19-2/h5,8-10,12,17H,3-4,6-7H2,1-2H3. The zero-order chi connectivity index (χ0) is 13.8. The second-order valence-corrected chi connectivity index (χ2v) is 5.05. The van der Waals surface area contributed by atoms with Crippen LogP contribution in [0.3, 0.4) is 0 Å². The van der Waals surface area contributed by atoms with Gasteiger partial charge in [-0.1, -0.05) is 0 Å². The van der Waals surface area contributed by atoms with Crippen molar-refractivity contribution in [2.24, 2.45) is 5.92 Å². The van der Waals surface area contributed by atoms with Gasteiger partial charge < -0.3 is 10.1 Å². The zero-order valence-corrected chi connectivity index (χ0v) is 11.4. The highest BCUT2D eigenvalue weighted by Crippen LogP contribution is 2.30. The molecule has 1 fully saturated rings. The van der Waals surface area contributed by atoms with Crippen molar-refractivity contribution >= 4 is 5.78 Å². The van der Waals surface area contributed by atoms with Crippen LogP contribution in [0.4, 0.5) is 4.39 Å². The number of carbonyl (C=O) groups excluding carboxylic acids is 1. The maximum absolute atomic E-state index is 13.3. The highest BCUT2D eigenvalue weighted by atomic mass is 19.1. The lowest BCUT2D eigenvalue weighted by atomic mass is 9.81. The number of hydrogen-bond donors (Lipinski definition) is 1. The highest BCUT2D eigenvalue weighted by Gasteiger charge is 2.28. The van der Waals surface area contributed by atoms with Gasteiger partial charge in [-0.05, 0) is 50.9 Å². The van der Waals surface area contributed by atoms with Gasteiger partial charge in [0.2, 0.25) is 0 Å². The largest absolute Gasteiger partial charge is 0.496 e. The first-order chi connectivity index (χ1) is 9.15. The number of rotatable bonds is 4. The minimum Gasteiger partial charge on any atom is -0.496 e. The summed E-state index contributed by atoms with van der Waals surface area (Å²) in [5.41, 5.74) is 0.371. The fraction of sp³-hybridized carbons (Fsp3) is 0.533. The van der Waals surface area contributed by atoms with Crippen LogP contribution in [0, 0.1) is 11.7 Å². The first kappa shape index (κ1) is 14.0. The Morgan fingerprint density at radius 3 is 2.58 bits per heavy atom. The topological polar surface area (TPSA) is 38.3 Å². The monoisotopic (exact) mass is 265 g/mol. The van der Waals surface area contributed by atoms with E-state index in [2.05, 4.69) is 5.32 Å². The van der Waals surface area contributed by atoms with E-state index < -0.39 is 5.82 Å². The summed E-state index contributed by atoms with van der Waals surface area (Å²) in [5, 5.41) is 3.24. The average molecular weight is 265 g/mol. The fourth-order valence-corrected chi connectivity index (χ4v) is 2.74. The summed E-state index contributed by atoms with van der Waals surface area (Å²) in [5.74, 6) is 0.0569. The van der Waals surface area contributed by atoms with Gasteiger partial charge >= 0.3 is 0 Å². The van der Waals surface area contributed by atoms with E-state index >= 15 is 0 Å². The molecule has 0 aromatic heterocycles. The summed E-state index contributed by atoms with van der Waals surface area (Å²) in [7, 11) is 3.45. The van der Waals surface area contributed by atoms with E-state index in [1.807, 2.05) is 7.05 Å². The van der Waals surface area contributed by atoms with E-state index in [4.69, 9.17) is 4.74 Å². The van der Waals surface area contributed by atoms with Gasteiger partial charge in [0, 0.05) is 12.0 Å². The molecule has 0 unspecified atom stereocenters. The van der Waals surface area contributed by atoms with Crippen LogP contribution in [-0.2, 0) is 0 Å². The summed E-state index contributed by atoms with van der Waals surface area (Å²) in [6.45, 7) is 0. The quantitative estimate of drug-likeness (QED) is 0.851. The predicted molar refractivity (Wildman–Crippen MR) is 72.1 cm³/mol. The van der Waals surface area contributed by atoms with Crippen molar-refractivity contribution in [2.45, 2.75) is 31.7 Å². The van der Waals surface area contributed by atoms with Crippen molar-refractivity contribution in [1.82, 2.24) is 5.32 Å². The van der Waals surface area contributed by atoms with Gasteiger partial charge in [0.15, 0.2) is 5.78 Å². The van der Waals surface area contributed by atoms with Gasteiger partial charge in [0.1, 0.15) is 11.6 Å². The van der Waals surface area contributed by atoms with Crippen molar-refractivity contribution < 1.29 is 13.9 Å². The molecule has 19 heavy (non-hydrogen) atoms. The molecule has 1 N–H and O–H groups in total. The molecule has 0 bridgehead atoms. The van der Waals surface area contributed by atoms with Crippen LogP contribution < -0.4 is 10.1 Å². The van der Waals surface area contributed by atoms with E-state index in [9.17, 15) is 9.18 Å². The van der Waals surface area contributed by atoms with Crippen LogP contribution in [-0.4, -0.2) is 26.0 Å². The number of halogens is 1. The molecule has 0 heterocycles. The smallest absolute Gasteiger partial charge is 0.169 e. The number of hydrogen-bond acceptors (Lipinski definition) is 3. The van der Waals surface area contributed by atoms with Crippen LogP contribution in [0.25, 0.3) is 0 Å². The second-order valence-electron chi connectivity index (χ2n) is 5.05. The third-order valence-corrected chi connectivity index (χ3v) is 3.93. The first-order valence-electron chi connectivity index (χ1n) is 6.70. The van der Waals surface area contributed by atoms with Crippen LogP contribution in [0.1, 0.15) is 36.0 Å². The molecule has 1 aliphatic carbocycles. The van der Waals surface area contributed by atoms with E-state index in [1.54, 1.807) is 0 Å². The van der Waals surface area contributed by atoms with E-state index in [0.29, 0.717) is 17.4 Å². The predicted octanol–water partition coefficient (Wildman–Crippen LogP) is 2.80. The molecular weight excluding hydrogens is 245 g/mol. The maximum Gasteiger partial charge on any atom is 0.169 e. The van der Waals surface area contributed by atoms with E-state index in [0.717, 1.165) is 25.7 Å². The van der Waals surface area contributed by atoms with Gasteiger partial charge in [0.25, 0.3) is 0 Å². The number of nitrogens with one attached hydrogen (secondary N) is 1. The van der Waals surface area contributed by atoms with Crippen molar-refractivity contribution in [3.8, 4) is 5.75 Å². The molecule has 3 nitrogen and oxygen atoms in total. The molecule has 0 saturated heterocycles. The molecule has 0 atom stereocenters. The minimum atomic E-state index is -0.395. The van der Waals surface area contributed by atoms with Crippen molar-refractivity contribution in [2.75, 3.05) is 14.2 Å². The normalized spacial score (nSPS) is 23.1. The molecule has 0 amide bonds. The molecule has 0 aliphatic heterocycles. The number of benzene rings is 1. The molecule has 1 saturated carbocycles. The van der Waals surface area contributed by atoms with Gasteiger partial charge in [-0.15, -0.1) is 0 Å². The minimum absolute atomic E-state index is 0.00547. The van der Waals surface area contributed by atoms with E-state index in [1.165, 1.54) is 25.3 Å². The molecule has 2 rings (SSSR count). The fourth-order valence-electron chi connectivity index (χ4n) is 2.74. The maximum atomic E-state index is 13.3. The summed E-state index contributed by atoms with van der Waals surface area (Å²) >= 11 is 0. The third-order valence-electron chi connectivity index (χ3n) is 3.93. The molecule has 1 aromatic rings. The summed E-state index contributed by atoms with van der Waals surface area (Å²) in [4.78, 5) is 12.5. The Morgan fingerprint density at radius 1 is 1.32 bits per heavy atom. The second kappa shape index (κ2) is 6.15. The number of Topliss-reactive ketones (excluding diaryl/α,β-unsaturated/α-hetero) is 1. The summed E-state index contributed by atoms with van der Waals surface area (Å²) < 4.78 is 18.5. The van der Waals surface area contributed by atoms with Crippen LogP contribution >= 0.6 is 0 Å². The Balaban J connectivity index is 2.14. The number of ether oxygens (including phenoxy) is 1. The molecule has 1 aliphatic rings. The van der Waals surface area contributed by atoms with Crippen molar-refractivity contribution in [3.63, 3.8) is 0 Å². The Kier molecular flexibility index (Phi) is 4.53. The molecule has 4 heteroatoms. The van der Waals surface area contributed by atoms with Gasteiger partial charge in [-0.25, -0.2) is 4.39 Å². The number of carbonyl (C=O) groups is 1. The lowest BCUT2D eigenvalue weighted by Gasteiger charge is -2.27. The number of ketones is 1. The van der Waals surface area contributed by atoms with E-state index in [-0.39, 0.29) is 11.7 Å².